The summed E-state index contributed by atoms with van der Waals surface area (Å²) in [6.07, 6.45) is 1.90. The number of fused-ring (bicyclic) bond motifs is 4. The van der Waals surface area contributed by atoms with Gasteiger partial charge in [0.15, 0.2) is 0 Å². The number of carbonyl (C=O) groups excluding carboxylic acids is 1. The minimum absolute atomic E-state index is 0.124. The van der Waals surface area contributed by atoms with Crippen LogP contribution < -0.4 is 0 Å². The van der Waals surface area contributed by atoms with E-state index in [1.807, 2.05) is 35.4 Å². The third-order valence-electron chi connectivity index (χ3n) is 4.71. The van der Waals surface area contributed by atoms with Crippen LogP contribution >= 0.6 is 0 Å². The number of hydrogen-bond acceptors (Lipinski definition) is 3. The number of carbonyl (C=O) groups is 1. The fourth-order valence-electron chi connectivity index (χ4n) is 3.68. The van der Waals surface area contributed by atoms with E-state index in [1.165, 1.54) is 0 Å². The van der Waals surface area contributed by atoms with E-state index >= 15 is 0 Å². The molecule has 4 rings (SSSR count). The first-order valence-electron chi connectivity index (χ1n) is 7.85. The summed E-state index contributed by atoms with van der Waals surface area (Å²) in [5.74, 6) is 0.524. The van der Waals surface area contributed by atoms with E-state index in [4.69, 9.17) is 4.74 Å². The fraction of sp³-hybridized carbons (Fsp3) is 0.471. The topological polar surface area (TPSA) is 48.6 Å². The van der Waals surface area contributed by atoms with Crippen LogP contribution in [-0.4, -0.2) is 66.6 Å². The van der Waals surface area contributed by atoms with Gasteiger partial charge in [-0.3, -0.25) is 4.79 Å². The second kappa shape index (κ2) is 5.41. The fourth-order valence-corrected chi connectivity index (χ4v) is 3.68. The first-order chi connectivity index (χ1) is 10.7. The summed E-state index contributed by atoms with van der Waals surface area (Å²) in [6, 6.07) is 8.03. The molecular formula is C17H21N3O2. The zero-order chi connectivity index (χ0) is 15.1. The number of aromatic amines is 1. The number of ether oxygens (including phenoxy) is 1. The highest BCUT2D eigenvalue weighted by atomic mass is 16.5. The summed E-state index contributed by atoms with van der Waals surface area (Å²) in [4.78, 5) is 20.5. The van der Waals surface area contributed by atoms with Gasteiger partial charge < -0.3 is 19.5 Å². The number of nitrogens with one attached hydrogen (secondary N) is 1. The molecule has 5 heteroatoms. The summed E-state index contributed by atoms with van der Waals surface area (Å²) in [5, 5.41) is 1.08. The summed E-state index contributed by atoms with van der Waals surface area (Å²) in [5.41, 5.74) is 1.83. The number of benzene rings is 1. The van der Waals surface area contributed by atoms with Crippen molar-refractivity contribution >= 4 is 16.8 Å². The zero-order valence-electron chi connectivity index (χ0n) is 12.8. The van der Waals surface area contributed by atoms with E-state index in [1.54, 1.807) is 0 Å². The maximum Gasteiger partial charge on any atom is 0.254 e. The molecule has 2 aliphatic rings. The van der Waals surface area contributed by atoms with Crippen molar-refractivity contribution in [2.75, 3.05) is 39.9 Å². The summed E-state index contributed by atoms with van der Waals surface area (Å²) < 4.78 is 5.76. The number of rotatable bonds is 1. The number of amides is 1. The lowest BCUT2D eigenvalue weighted by molar-refractivity contribution is 0.0483. The van der Waals surface area contributed by atoms with Crippen molar-refractivity contribution in [2.45, 2.75) is 6.04 Å². The van der Waals surface area contributed by atoms with Crippen LogP contribution in [0.3, 0.4) is 0 Å². The van der Waals surface area contributed by atoms with E-state index in [2.05, 4.69) is 16.9 Å². The van der Waals surface area contributed by atoms with Crippen molar-refractivity contribution < 1.29 is 9.53 Å². The van der Waals surface area contributed by atoms with Crippen LogP contribution in [0.4, 0.5) is 0 Å². The molecule has 0 saturated carbocycles. The lowest BCUT2D eigenvalue weighted by Gasteiger charge is -2.29. The van der Waals surface area contributed by atoms with Crippen molar-refractivity contribution in [1.82, 2.24) is 14.8 Å². The largest absolute Gasteiger partial charge is 0.379 e. The highest BCUT2D eigenvalue weighted by Gasteiger charge is 2.35. The van der Waals surface area contributed by atoms with Crippen molar-refractivity contribution in [3.05, 3.63) is 36.0 Å². The molecule has 2 bridgehead atoms. The molecule has 0 unspecified atom stereocenters. The molecule has 2 aliphatic heterocycles. The SMILES string of the molecule is CN1C[C@@H]2COC[C@H](C1)N(C(=O)c1ccc3[nH]ccc3c1)C2. The average Bonchev–Trinajstić information content (AvgIpc) is 2.80. The molecule has 22 heavy (non-hydrogen) atoms. The molecule has 1 aromatic heterocycles. The molecule has 116 valence electrons. The van der Waals surface area contributed by atoms with Crippen molar-refractivity contribution in [3.8, 4) is 0 Å². The van der Waals surface area contributed by atoms with Gasteiger partial charge in [0.05, 0.1) is 19.3 Å². The lowest BCUT2D eigenvalue weighted by atomic mass is 10.1. The molecule has 2 saturated heterocycles. The molecule has 2 fully saturated rings. The van der Waals surface area contributed by atoms with Crippen LogP contribution in [0.1, 0.15) is 10.4 Å². The summed E-state index contributed by atoms with van der Waals surface area (Å²) in [6.45, 7) is 4.06. The van der Waals surface area contributed by atoms with Gasteiger partial charge in [-0.2, -0.15) is 0 Å². The lowest BCUT2D eigenvalue weighted by Crippen LogP contribution is -2.45. The van der Waals surface area contributed by atoms with Gasteiger partial charge in [0, 0.05) is 48.2 Å². The Bertz CT molecular complexity index is 696. The van der Waals surface area contributed by atoms with Crippen LogP contribution in [0.5, 0.6) is 0 Å². The van der Waals surface area contributed by atoms with E-state index in [0.29, 0.717) is 12.5 Å². The van der Waals surface area contributed by atoms with Crippen LogP contribution in [0, 0.1) is 5.92 Å². The number of nitrogens with zero attached hydrogens (tertiary/aromatic N) is 2. The van der Waals surface area contributed by atoms with Crippen molar-refractivity contribution in [3.63, 3.8) is 0 Å². The predicted molar refractivity (Wildman–Crippen MR) is 84.9 cm³/mol. The van der Waals surface area contributed by atoms with E-state index in [9.17, 15) is 4.79 Å². The predicted octanol–water partition coefficient (Wildman–Crippen LogP) is 1.57. The van der Waals surface area contributed by atoms with Gasteiger partial charge in [-0.15, -0.1) is 0 Å². The molecule has 2 atom stereocenters. The first-order valence-corrected chi connectivity index (χ1v) is 7.85. The zero-order valence-corrected chi connectivity index (χ0v) is 12.8. The quantitative estimate of drug-likeness (QED) is 0.869. The van der Waals surface area contributed by atoms with Crippen molar-refractivity contribution in [1.29, 1.82) is 0 Å². The molecular weight excluding hydrogens is 278 g/mol. The summed E-state index contributed by atoms with van der Waals surface area (Å²) in [7, 11) is 2.13. The molecule has 0 radical (unpaired) electrons. The second-order valence-electron chi connectivity index (χ2n) is 6.52. The Morgan fingerprint density at radius 1 is 1.23 bits per heavy atom. The standard InChI is InChI=1S/C17H21N3O2/c1-19-7-12-8-20(15(9-19)11-22-10-12)17(21)14-2-3-16-13(6-14)4-5-18-16/h2-6,12,15,18H,7-11H2,1H3/t12-,15-/m0/s1. The Balaban J connectivity index is 1.65. The Morgan fingerprint density at radius 2 is 2.14 bits per heavy atom. The van der Waals surface area contributed by atoms with E-state index in [-0.39, 0.29) is 11.9 Å². The molecule has 3 heterocycles. The van der Waals surface area contributed by atoms with Gasteiger partial charge in [-0.05, 0) is 31.3 Å². The number of aromatic nitrogens is 1. The maximum absolute atomic E-state index is 13.0. The minimum Gasteiger partial charge on any atom is -0.379 e. The number of hydrogen-bond donors (Lipinski definition) is 1. The number of likely N-dealkylation sites (N-methyl/N-ethyl adjacent to an activating group) is 1. The Morgan fingerprint density at radius 3 is 3.05 bits per heavy atom. The van der Waals surface area contributed by atoms with E-state index in [0.717, 1.165) is 42.7 Å². The monoisotopic (exact) mass is 299 g/mol. The Kier molecular flexibility index (Phi) is 3.39. The highest BCUT2D eigenvalue weighted by molar-refractivity contribution is 5.98. The Labute approximate surface area is 129 Å². The molecule has 2 aromatic rings. The van der Waals surface area contributed by atoms with Crippen LogP contribution in [-0.2, 0) is 4.74 Å². The van der Waals surface area contributed by atoms with E-state index < -0.39 is 0 Å². The van der Waals surface area contributed by atoms with Gasteiger partial charge in [0.1, 0.15) is 0 Å². The van der Waals surface area contributed by atoms with Crippen LogP contribution in [0.2, 0.25) is 0 Å². The normalized spacial score (nSPS) is 26.1. The molecule has 0 aliphatic carbocycles. The van der Waals surface area contributed by atoms with Crippen LogP contribution in [0.25, 0.3) is 10.9 Å². The maximum atomic E-state index is 13.0. The summed E-state index contributed by atoms with van der Waals surface area (Å²) >= 11 is 0. The van der Waals surface area contributed by atoms with Gasteiger partial charge in [0.25, 0.3) is 5.91 Å². The van der Waals surface area contributed by atoms with Gasteiger partial charge >= 0.3 is 0 Å². The smallest absolute Gasteiger partial charge is 0.254 e. The second-order valence-corrected chi connectivity index (χ2v) is 6.52. The number of H-pyrrole nitrogens is 1. The van der Waals surface area contributed by atoms with Gasteiger partial charge in [-0.1, -0.05) is 0 Å². The minimum atomic E-state index is 0.124. The van der Waals surface area contributed by atoms with Gasteiger partial charge in [-0.25, -0.2) is 0 Å². The first kappa shape index (κ1) is 13.8. The molecule has 1 N–H and O–H groups in total. The van der Waals surface area contributed by atoms with Crippen molar-refractivity contribution in [2.24, 2.45) is 5.92 Å². The third-order valence-corrected chi connectivity index (χ3v) is 4.71. The van der Waals surface area contributed by atoms with Crippen LogP contribution in [0.15, 0.2) is 30.5 Å². The molecule has 5 nitrogen and oxygen atoms in total. The van der Waals surface area contributed by atoms with Gasteiger partial charge in [0.2, 0.25) is 0 Å². The molecule has 0 spiro atoms. The Hall–Kier alpha value is -1.85. The average molecular weight is 299 g/mol. The highest BCUT2D eigenvalue weighted by Crippen LogP contribution is 2.22. The molecule has 1 amide bonds. The third kappa shape index (κ3) is 2.40. The molecule has 1 aromatic carbocycles.